The van der Waals surface area contributed by atoms with Crippen molar-refractivity contribution in [3.63, 3.8) is 0 Å². The van der Waals surface area contributed by atoms with Crippen LogP contribution in [0.4, 0.5) is 4.79 Å². The largest absolute Gasteiger partial charge is 0.336 e. The molecule has 1 aliphatic heterocycles. The van der Waals surface area contributed by atoms with Crippen molar-refractivity contribution in [1.82, 2.24) is 19.8 Å². The summed E-state index contributed by atoms with van der Waals surface area (Å²) in [5.74, 6) is 0.766. The second kappa shape index (κ2) is 5.63. The van der Waals surface area contributed by atoms with Crippen molar-refractivity contribution in [2.45, 2.75) is 44.7 Å². The van der Waals surface area contributed by atoms with Gasteiger partial charge in [0.15, 0.2) is 0 Å². The molecule has 1 saturated heterocycles. The van der Waals surface area contributed by atoms with Gasteiger partial charge in [0.1, 0.15) is 0 Å². The minimum absolute atomic E-state index is 0.120. The molecule has 1 aliphatic carbocycles. The molecule has 0 radical (unpaired) electrons. The first kappa shape index (κ1) is 12.5. The topological polar surface area (TPSA) is 50.2 Å². The average molecular weight is 262 g/mol. The van der Waals surface area contributed by atoms with Crippen LogP contribution < -0.4 is 5.32 Å². The third kappa shape index (κ3) is 2.74. The number of carbonyl (C=O) groups excluding carboxylic acids is 1. The van der Waals surface area contributed by atoms with Crippen LogP contribution in [0.15, 0.2) is 18.7 Å². The zero-order valence-corrected chi connectivity index (χ0v) is 11.3. The first-order valence-electron chi connectivity index (χ1n) is 7.35. The molecule has 1 N–H and O–H groups in total. The molecule has 1 aromatic heterocycles. The number of hydrogen-bond donors (Lipinski definition) is 1. The zero-order chi connectivity index (χ0) is 13.1. The van der Waals surface area contributed by atoms with Gasteiger partial charge in [0.2, 0.25) is 0 Å². The van der Waals surface area contributed by atoms with Gasteiger partial charge in [-0.25, -0.2) is 9.78 Å². The summed E-state index contributed by atoms with van der Waals surface area (Å²) in [6, 6.07) is 0.622. The van der Waals surface area contributed by atoms with E-state index in [4.69, 9.17) is 0 Å². The molecule has 1 aromatic rings. The number of hydrogen-bond acceptors (Lipinski definition) is 2. The monoisotopic (exact) mass is 262 g/mol. The highest BCUT2D eigenvalue weighted by Gasteiger charge is 2.37. The third-order valence-corrected chi connectivity index (χ3v) is 4.46. The first-order valence-corrected chi connectivity index (χ1v) is 7.35. The smallest absolute Gasteiger partial charge is 0.317 e. The maximum atomic E-state index is 12.2. The Morgan fingerprint density at radius 2 is 2.21 bits per heavy atom. The van der Waals surface area contributed by atoms with Crippen LogP contribution >= 0.6 is 0 Å². The van der Waals surface area contributed by atoms with Crippen LogP contribution in [0.1, 0.15) is 32.1 Å². The van der Waals surface area contributed by atoms with Gasteiger partial charge in [0, 0.05) is 38.1 Å². The average Bonchev–Trinajstić information content (AvgIpc) is 2.97. The fraction of sp³-hybridized carbons (Fsp3) is 0.714. The molecular formula is C14H22N4O. The van der Waals surface area contributed by atoms with Gasteiger partial charge >= 0.3 is 6.03 Å². The number of rotatable bonds is 4. The van der Waals surface area contributed by atoms with Gasteiger partial charge in [-0.05, 0) is 31.6 Å². The van der Waals surface area contributed by atoms with Crippen LogP contribution in [0.3, 0.4) is 0 Å². The fourth-order valence-electron chi connectivity index (χ4n) is 3.17. The molecule has 0 unspecified atom stereocenters. The van der Waals surface area contributed by atoms with Crippen LogP contribution in [0.5, 0.6) is 0 Å². The van der Waals surface area contributed by atoms with E-state index in [1.165, 1.54) is 25.7 Å². The standard InChI is InChI=1S/C14H22N4O/c19-14(16-7-10-17-9-6-15-11-17)18-8-2-5-13(18)12-3-1-4-12/h6,9,11-13H,1-5,7-8,10H2,(H,16,19)/t13-/m0/s1. The Morgan fingerprint density at radius 1 is 1.32 bits per heavy atom. The molecule has 0 aromatic carbocycles. The summed E-state index contributed by atoms with van der Waals surface area (Å²) < 4.78 is 1.98. The SMILES string of the molecule is O=C(NCCn1ccnc1)N1CCC[C@H]1C1CCC1. The number of aromatic nitrogens is 2. The van der Waals surface area contributed by atoms with Crippen molar-refractivity contribution in [1.29, 1.82) is 0 Å². The van der Waals surface area contributed by atoms with E-state index in [2.05, 4.69) is 15.2 Å². The molecule has 3 rings (SSSR count). The molecule has 5 heteroatoms. The molecule has 2 aliphatic rings. The highest BCUT2D eigenvalue weighted by Crippen LogP contribution is 2.37. The minimum Gasteiger partial charge on any atom is -0.336 e. The van der Waals surface area contributed by atoms with Gasteiger partial charge in [-0.15, -0.1) is 0 Å². The van der Waals surface area contributed by atoms with E-state index in [0.29, 0.717) is 12.6 Å². The number of nitrogens with one attached hydrogen (secondary N) is 1. The van der Waals surface area contributed by atoms with E-state index in [-0.39, 0.29) is 6.03 Å². The van der Waals surface area contributed by atoms with Gasteiger partial charge in [-0.2, -0.15) is 0 Å². The number of carbonyl (C=O) groups is 1. The molecular weight excluding hydrogens is 240 g/mol. The van der Waals surface area contributed by atoms with Crippen molar-refractivity contribution in [2.24, 2.45) is 5.92 Å². The normalized spacial score (nSPS) is 23.4. The highest BCUT2D eigenvalue weighted by molar-refractivity contribution is 5.74. The Labute approximate surface area is 114 Å². The lowest BCUT2D eigenvalue weighted by molar-refractivity contribution is 0.139. The molecule has 2 amide bonds. The van der Waals surface area contributed by atoms with Gasteiger partial charge in [0.25, 0.3) is 0 Å². The lowest BCUT2D eigenvalue weighted by atomic mass is 9.79. The van der Waals surface area contributed by atoms with Crippen molar-refractivity contribution >= 4 is 6.03 Å². The van der Waals surface area contributed by atoms with Crippen LogP contribution in [0, 0.1) is 5.92 Å². The van der Waals surface area contributed by atoms with E-state index in [9.17, 15) is 4.79 Å². The van der Waals surface area contributed by atoms with Crippen molar-refractivity contribution in [3.8, 4) is 0 Å². The quantitative estimate of drug-likeness (QED) is 0.900. The highest BCUT2D eigenvalue weighted by atomic mass is 16.2. The van der Waals surface area contributed by atoms with Crippen LogP contribution in [0.2, 0.25) is 0 Å². The van der Waals surface area contributed by atoms with Crippen molar-refractivity contribution in [3.05, 3.63) is 18.7 Å². The van der Waals surface area contributed by atoms with Crippen LogP contribution in [0.25, 0.3) is 0 Å². The van der Waals surface area contributed by atoms with E-state index < -0.39 is 0 Å². The van der Waals surface area contributed by atoms with E-state index in [1.54, 1.807) is 12.5 Å². The summed E-state index contributed by atoms with van der Waals surface area (Å²) in [7, 11) is 0. The Morgan fingerprint density at radius 3 is 2.89 bits per heavy atom. The predicted molar refractivity (Wildman–Crippen MR) is 72.7 cm³/mol. The zero-order valence-electron chi connectivity index (χ0n) is 11.3. The van der Waals surface area contributed by atoms with Crippen molar-refractivity contribution in [2.75, 3.05) is 13.1 Å². The molecule has 1 atom stereocenters. The summed E-state index contributed by atoms with van der Waals surface area (Å²) in [6.07, 6.45) is 11.8. The Kier molecular flexibility index (Phi) is 3.71. The summed E-state index contributed by atoms with van der Waals surface area (Å²) in [4.78, 5) is 18.3. The van der Waals surface area contributed by atoms with Crippen LogP contribution in [-0.4, -0.2) is 39.6 Å². The molecule has 2 fully saturated rings. The number of amides is 2. The minimum atomic E-state index is 0.120. The Bertz CT molecular complexity index is 413. The second-order valence-electron chi connectivity index (χ2n) is 5.63. The number of urea groups is 1. The molecule has 104 valence electrons. The maximum Gasteiger partial charge on any atom is 0.317 e. The van der Waals surface area contributed by atoms with E-state index >= 15 is 0 Å². The summed E-state index contributed by atoms with van der Waals surface area (Å²) >= 11 is 0. The Hall–Kier alpha value is -1.52. The van der Waals surface area contributed by atoms with Gasteiger partial charge < -0.3 is 14.8 Å². The third-order valence-electron chi connectivity index (χ3n) is 4.46. The lowest BCUT2D eigenvalue weighted by Crippen LogP contribution is -2.47. The van der Waals surface area contributed by atoms with Gasteiger partial charge in [-0.1, -0.05) is 6.42 Å². The summed E-state index contributed by atoms with van der Waals surface area (Å²) in [6.45, 7) is 2.38. The fourth-order valence-corrected chi connectivity index (χ4v) is 3.17. The molecule has 19 heavy (non-hydrogen) atoms. The number of nitrogens with zero attached hydrogens (tertiary/aromatic N) is 3. The second-order valence-corrected chi connectivity index (χ2v) is 5.63. The first-order chi connectivity index (χ1) is 9.34. The number of likely N-dealkylation sites (tertiary alicyclic amines) is 1. The molecule has 2 heterocycles. The summed E-state index contributed by atoms with van der Waals surface area (Å²) in [5.41, 5.74) is 0. The van der Waals surface area contributed by atoms with Gasteiger partial charge in [0.05, 0.1) is 6.33 Å². The molecule has 0 spiro atoms. The van der Waals surface area contributed by atoms with Crippen LogP contribution in [-0.2, 0) is 6.54 Å². The lowest BCUT2D eigenvalue weighted by Gasteiger charge is -2.36. The maximum absolute atomic E-state index is 12.2. The molecule has 0 bridgehead atoms. The Balaban J connectivity index is 1.46. The summed E-state index contributed by atoms with van der Waals surface area (Å²) in [5, 5.41) is 3.03. The number of imidazole rings is 1. The van der Waals surface area contributed by atoms with E-state index in [0.717, 1.165) is 25.4 Å². The van der Waals surface area contributed by atoms with Crippen molar-refractivity contribution < 1.29 is 4.79 Å². The van der Waals surface area contributed by atoms with Gasteiger partial charge in [-0.3, -0.25) is 0 Å². The van der Waals surface area contributed by atoms with E-state index in [1.807, 2.05) is 10.8 Å². The molecule has 5 nitrogen and oxygen atoms in total. The predicted octanol–water partition coefficient (Wildman–Crippen LogP) is 1.86. The molecule has 1 saturated carbocycles.